The van der Waals surface area contributed by atoms with Crippen molar-refractivity contribution in [3.05, 3.63) is 58.5 Å². The van der Waals surface area contributed by atoms with Crippen LogP contribution in [0, 0.1) is 12.8 Å². The molecule has 0 radical (unpaired) electrons. The second-order valence-corrected chi connectivity index (χ2v) is 11.8. The van der Waals surface area contributed by atoms with Crippen LogP contribution in [0.5, 0.6) is 11.5 Å². The van der Waals surface area contributed by atoms with Gasteiger partial charge < -0.3 is 19.7 Å². The van der Waals surface area contributed by atoms with Crippen LogP contribution in [0.1, 0.15) is 64.0 Å². The molecule has 1 aliphatic carbocycles. The molecule has 216 valence electrons. The van der Waals surface area contributed by atoms with E-state index >= 15 is 0 Å². The number of methoxy groups -OCH3 is 1. The zero-order valence-corrected chi connectivity index (χ0v) is 24.4. The number of amides is 1. The third-order valence-electron chi connectivity index (χ3n) is 8.71. The smallest absolute Gasteiger partial charge is 0.329 e. The fraction of sp³-hybridized carbons (Fsp3) is 0.562. The Bertz CT molecular complexity index is 1360. The first kappa shape index (κ1) is 28.3. The summed E-state index contributed by atoms with van der Waals surface area (Å²) >= 11 is 0. The molecule has 1 unspecified atom stereocenters. The minimum atomic E-state index is -0.0784. The summed E-state index contributed by atoms with van der Waals surface area (Å²) in [6.07, 6.45) is 6.09. The highest BCUT2D eigenvalue weighted by Crippen LogP contribution is 2.29. The van der Waals surface area contributed by atoms with Crippen LogP contribution < -0.4 is 20.5 Å². The molecule has 1 saturated carbocycles. The molecule has 1 N–H and O–H groups in total. The number of imidazole rings is 1. The van der Waals surface area contributed by atoms with Crippen molar-refractivity contribution in [2.75, 3.05) is 26.7 Å². The van der Waals surface area contributed by atoms with Crippen LogP contribution >= 0.6 is 0 Å². The lowest BCUT2D eigenvalue weighted by molar-refractivity contribution is -0.122. The maximum absolute atomic E-state index is 13.6. The molecular weight excluding hydrogens is 504 g/mol. The Balaban J connectivity index is 1.21. The fourth-order valence-electron chi connectivity index (χ4n) is 5.94. The van der Waals surface area contributed by atoms with Gasteiger partial charge in [0.05, 0.1) is 18.1 Å². The SMILES string of the molecule is COc1ccc(C)c(OC(CCN2CCC(n3c(=O)n(CC(=O)NC4CCC4)c4ccccc43)CC2)C(C)C)c1. The van der Waals surface area contributed by atoms with E-state index in [4.69, 9.17) is 9.47 Å². The number of likely N-dealkylation sites (tertiary alicyclic amines) is 1. The predicted molar refractivity (Wildman–Crippen MR) is 158 cm³/mol. The summed E-state index contributed by atoms with van der Waals surface area (Å²) in [5.74, 6) is 2.00. The molecule has 2 aromatic carbocycles. The molecule has 5 rings (SSSR count). The van der Waals surface area contributed by atoms with E-state index < -0.39 is 0 Å². The summed E-state index contributed by atoms with van der Waals surface area (Å²) < 4.78 is 15.5. The molecule has 0 bridgehead atoms. The Morgan fingerprint density at radius 2 is 1.77 bits per heavy atom. The first-order valence-electron chi connectivity index (χ1n) is 14.9. The number of aryl methyl sites for hydroxylation is 1. The van der Waals surface area contributed by atoms with Crippen molar-refractivity contribution in [3.63, 3.8) is 0 Å². The van der Waals surface area contributed by atoms with E-state index in [2.05, 4.69) is 31.0 Å². The van der Waals surface area contributed by atoms with E-state index in [1.54, 1.807) is 11.7 Å². The Hall–Kier alpha value is -3.26. The Kier molecular flexibility index (Phi) is 8.84. The lowest BCUT2D eigenvalue weighted by Gasteiger charge is -2.34. The van der Waals surface area contributed by atoms with E-state index in [-0.39, 0.29) is 36.3 Å². The number of para-hydroxylation sites is 2. The molecule has 1 aliphatic heterocycles. The minimum absolute atomic E-state index is 0.0735. The van der Waals surface area contributed by atoms with Crippen LogP contribution in [0.15, 0.2) is 47.3 Å². The first-order valence-corrected chi connectivity index (χ1v) is 14.9. The molecule has 1 amide bonds. The zero-order chi connectivity index (χ0) is 28.2. The van der Waals surface area contributed by atoms with E-state index in [9.17, 15) is 9.59 Å². The molecule has 1 saturated heterocycles. The Labute approximate surface area is 237 Å². The molecule has 0 spiro atoms. The predicted octanol–water partition coefficient (Wildman–Crippen LogP) is 4.92. The number of carbonyl (C=O) groups excluding carboxylic acids is 1. The number of ether oxygens (including phenoxy) is 2. The van der Waals surface area contributed by atoms with Crippen molar-refractivity contribution in [2.24, 2.45) is 5.92 Å². The highest BCUT2D eigenvalue weighted by atomic mass is 16.5. The second-order valence-electron chi connectivity index (χ2n) is 11.8. The Morgan fingerprint density at radius 3 is 2.42 bits per heavy atom. The highest BCUT2D eigenvalue weighted by Gasteiger charge is 2.27. The number of aromatic nitrogens is 2. The highest BCUT2D eigenvalue weighted by molar-refractivity contribution is 5.81. The van der Waals surface area contributed by atoms with Gasteiger partial charge in [0.25, 0.3) is 0 Å². The van der Waals surface area contributed by atoms with Gasteiger partial charge in [0.2, 0.25) is 5.91 Å². The van der Waals surface area contributed by atoms with Gasteiger partial charge in [0, 0.05) is 37.8 Å². The van der Waals surface area contributed by atoms with Crippen molar-refractivity contribution in [3.8, 4) is 11.5 Å². The molecule has 8 nitrogen and oxygen atoms in total. The third kappa shape index (κ3) is 6.22. The topological polar surface area (TPSA) is 77.7 Å². The van der Waals surface area contributed by atoms with Crippen LogP contribution in [0.25, 0.3) is 11.0 Å². The van der Waals surface area contributed by atoms with Crippen LogP contribution in [0.3, 0.4) is 0 Å². The second kappa shape index (κ2) is 12.5. The van der Waals surface area contributed by atoms with Crippen LogP contribution in [0.4, 0.5) is 0 Å². The number of hydrogen-bond acceptors (Lipinski definition) is 5. The summed E-state index contributed by atoms with van der Waals surface area (Å²) in [6, 6.07) is 14.2. The van der Waals surface area contributed by atoms with Crippen LogP contribution in [-0.4, -0.2) is 58.8 Å². The average Bonchev–Trinajstić information content (AvgIpc) is 3.20. The van der Waals surface area contributed by atoms with E-state index in [0.29, 0.717) is 5.92 Å². The number of nitrogens with one attached hydrogen (secondary N) is 1. The van der Waals surface area contributed by atoms with Crippen LogP contribution in [-0.2, 0) is 11.3 Å². The van der Waals surface area contributed by atoms with Crippen molar-refractivity contribution < 1.29 is 14.3 Å². The lowest BCUT2D eigenvalue weighted by atomic mass is 9.93. The summed E-state index contributed by atoms with van der Waals surface area (Å²) in [7, 11) is 1.68. The zero-order valence-electron chi connectivity index (χ0n) is 24.4. The standard InChI is InChI=1S/C32H44N4O4/c1-22(2)29(40-30-20-26(39-4)13-12-23(30)3)16-19-34-17-14-25(15-18-34)36-28-11-6-5-10-27(28)35(32(36)38)21-31(37)33-24-8-7-9-24/h5-6,10-13,20,22,24-25,29H,7-9,14-19,21H2,1-4H3,(H,33,37). The van der Waals surface area contributed by atoms with Gasteiger partial charge in [-0.1, -0.05) is 32.0 Å². The quantitative estimate of drug-likeness (QED) is 0.368. The van der Waals surface area contributed by atoms with Crippen molar-refractivity contribution >= 4 is 16.9 Å². The maximum atomic E-state index is 13.6. The largest absolute Gasteiger partial charge is 0.497 e. The van der Waals surface area contributed by atoms with Crippen LogP contribution in [0.2, 0.25) is 0 Å². The van der Waals surface area contributed by atoms with Gasteiger partial charge in [0.15, 0.2) is 0 Å². The number of nitrogens with zero attached hydrogens (tertiary/aromatic N) is 3. The van der Waals surface area contributed by atoms with Gasteiger partial charge in [-0.25, -0.2) is 4.79 Å². The fourth-order valence-corrected chi connectivity index (χ4v) is 5.94. The number of rotatable bonds is 11. The number of hydrogen-bond donors (Lipinski definition) is 1. The molecule has 40 heavy (non-hydrogen) atoms. The van der Waals surface area contributed by atoms with Gasteiger partial charge in [-0.15, -0.1) is 0 Å². The van der Waals surface area contributed by atoms with E-state index in [1.165, 1.54) is 0 Å². The van der Waals surface area contributed by atoms with E-state index in [0.717, 1.165) is 86.3 Å². The molecular formula is C32H44N4O4. The molecule has 1 aromatic heterocycles. The van der Waals surface area contributed by atoms with Crippen molar-refractivity contribution in [1.82, 2.24) is 19.4 Å². The molecule has 2 heterocycles. The van der Waals surface area contributed by atoms with Crippen molar-refractivity contribution in [1.29, 1.82) is 0 Å². The summed E-state index contributed by atoms with van der Waals surface area (Å²) in [4.78, 5) is 28.8. The molecule has 2 aliphatic rings. The van der Waals surface area contributed by atoms with Gasteiger partial charge in [0.1, 0.15) is 24.1 Å². The molecule has 8 heteroatoms. The lowest BCUT2D eigenvalue weighted by Crippen LogP contribution is -2.43. The third-order valence-corrected chi connectivity index (χ3v) is 8.71. The van der Waals surface area contributed by atoms with Gasteiger partial charge in [-0.2, -0.15) is 0 Å². The molecule has 1 atom stereocenters. The maximum Gasteiger partial charge on any atom is 0.329 e. The normalized spacial score (nSPS) is 17.6. The van der Waals surface area contributed by atoms with Gasteiger partial charge in [-0.05, 0) is 75.1 Å². The molecule has 3 aromatic rings. The summed E-state index contributed by atoms with van der Waals surface area (Å²) in [6.45, 7) is 9.38. The number of fused-ring (bicyclic) bond motifs is 1. The van der Waals surface area contributed by atoms with Gasteiger partial charge >= 0.3 is 5.69 Å². The summed E-state index contributed by atoms with van der Waals surface area (Å²) in [5.41, 5.74) is 2.79. The van der Waals surface area contributed by atoms with Crippen molar-refractivity contribution in [2.45, 2.75) is 84.0 Å². The van der Waals surface area contributed by atoms with Gasteiger partial charge in [-0.3, -0.25) is 13.9 Å². The van der Waals surface area contributed by atoms with E-state index in [1.807, 2.05) is 47.0 Å². The summed E-state index contributed by atoms with van der Waals surface area (Å²) in [5, 5.41) is 3.08. The number of benzene rings is 2. The number of piperidine rings is 1. The monoisotopic (exact) mass is 548 g/mol. The first-order chi connectivity index (χ1) is 19.3. The number of carbonyl (C=O) groups is 1. The minimum Gasteiger partial charge on any atom is -0.497 e. The Morgan fingerprint density at radius 1 is 1.05 bits per heavy atom. The average molecular weight is 549 g/mol. The molecule has 2 fully saturated rings.